The van der Waals surface area contributed by atoms with E-state index in [2.05, 4.69) is 0 Å². The number of carbonyl (C=O) groups is 4. The van der Waals surface area contributed by atoms with Gasteiger partial charge >= 0.3 is 23.9 Å². The number of aliphatic carboxylic acids is 4. The molecule has 8 nitrogen and oxygen atoms in total. The Morgan fingerprint density at radius 1 is 0.462 bits per heavy atom. The summed E-state index contributed by atoms with van der Waals surface area (Å²) in [5.41, 5.74) is 0. The summed E-state index contributed by atoms with van der Waals surface area (Å²) in [6.45, 7) is 5.19. The Morgan fingerprint density at radius 3 is 0.962 bits per heavy atom. The average Bonchev–Trinajstić information content (AvgIpc) is 2.98. The van der Waals surface area contributed by atoms with E-state index in [0.717, 1.165) is 0 Å². The van der Waals surface area contributed by atoms with E-state index >= 15 is 0 Å². The molecule has 0 radical (unpaired) electrons. The summed E-state index contributed by atoms with van der Waals surface area (Å²) in [5.74, 6) is -11.7. The third kappa shape index (κ3) is 2.20. The van der Waals surface area contributed by atoms with Gasteiger partial charge in [-0.25, -0.2) is 0 Å². The zero-order valence-electron chi connectivity index (χ0n) is 14.8. The van der Waals surface area contributed by atoms with Crippen LogP contribution in [-0.4, -0.2) is 44.3 Å². The summed E-state index contributed by atoms with van der Waals surface area (Å²) in [7, 11) is 0. The number of rotatable bonds is 4. The Bertz CT molecular complexity index is 588. The first-order valence-corrected chi connectivity index (χ1v) is 8.93. The highest BCUT2D eigenvalue weighted by Crippen LogP contribution is 2.68. The lowest BCUT2D eigenvalue weighted by Crippen LogP contribution is -2.56. The third-order valence-corrected chi connectivity index (χ3v) is 7.64. The van der Waals surface area contributed by atoms with Crippen LogP contribution < -0.4 is 0 Å². The third-order valence-electron chi connectivity index (χ3n) is 7.64. The lowest BCUT2D eigenvalue weighted by molar-refractivity contribution is -0.176. The minimum atomic E-state index is -1.19. The highest BCUT2D eigenvalue weighted by molar-refractivity contribution is 5.83. The van der Waals surface area contributed by atoms with Crippen molar-refractivity contribution < 1.29 is 39.6 Å². The molecule has 0 spiro atoms. The summed E-state index contributed by atoms with van der Waals surface area (Å²) in [5, 5.41) is 38.6. The molecule has 10 unspecified atom stereocenters. The maximum absolute atomic E-state index is 11.8. The van der Waals surface area contributed by atoms with E-state index in [0.29, 0.717) is 0 Å². The fourth-order valence-corrected chi connectivity index (χ4v) is 7.01. The van der Waals surface area contributed by atoms with Crippen molar-refractivity contribution in [3.8, 4) is 0 Å². The van der Waals surface area contributed by atoms with Crippen LogP contribution in [0.1, 0.15) is 20.8 Å². The number of carboxylic acid groups (broad SMARTS) is 4. The predicted molar refractivity (Wildman–Crippen MR) is 86.0 cm³/mol. The van der Waals surface area contributed by atoms with Crippen molar-refractivity contribution in [2.75, 3.05) is 0 Å². The van der Waals surface area contributed by atoms with Gasteiger partial charge in [0.25, 0.3) is 0 Å². The second kappa shape index (κ2) is 5.96. The molecular weight excluding hydrogens is 344 g/mol. The Morgan fingerprint density at radius 2 is 0.731 bits per heavy atom. The van der Waals surface area contributed by atoms with Crippen LogP contribution in [0.2, 0.25) is 0 Å². The van der Waals surface area contributed by atoms with Crippen molar-refractivity contribution >= 4 is 23.9 Å². The van der Waals surface area contributed by atoms with Gasteiger partial charge in [-0.15, -0.1) is 0 Å². The molecule has 3 aliphatic carbocycles. The Hall–Kier alpha value is -2.12. The summed E-state index contributed by atoms with van der Waals surface area (Å²) in [6, 6.07) is 0. The predicted octanol–water partition coefficient (Wildman–Crippen LogP) is 1.20. The monoisotopic (exact) mass is 368 g/mol. The summed E-state index contributed by atoms with van der Waals surface area (Å²) in [6.07, 6.45) is 0. The minimum Gasteiger partial charge on any atom is -0.481 e. The fraction of sp³-hybridized carbons (Fsp3) is 0.778. The van der Waals surface area contributed by atoms with Crippen molar-refractivity contribution in [3.05, 3.63) is 0 Å². The summed E-state index contributed by atoms with van der Waals surface area (Å²) >= 11 is 0. The molecule has 0 amide bonds. The van der Waals surface area contributed by atoms with E-state index in [1.165, 1.54) is 0 Å². The van der Waals surface area contributed by atoms with Crippen molar-refractivity contribution in [1.82, 2.24) is 0 Å². The first-order valence-electron chi connectivity index (χ1n) is 8.93. The molecule has 8 heteroatoms. The molecule has 3 rings (SSSR count). The molecule has 10 atom stereocenters. The molecule has 0 aliphatic heterocycles. The number of hydrogen-bond donors (Lipinski definition) is 4. The van der Waals surface area contributed by atoms with E-state index in [9.17, 15) is 39.6 Å². The zero-order valence-corrected chi connectivity index (χ0v) is 14.8. The Kier molecular flexibility index (Phi) is 4.28. The van der Waals surface area contributed by atoms with Crippen molar-refractivity contribution in [3.63, 3.8) is 0 Å². The molecule has 0 aromatic heterocycles. The molecule has 3 saturated carbocycles. The van der Waals surface area contributed by atoms with Crippen LogP contribution in [0.5, 0.6) is 0 Å². The molecule has 3 fully saturated rings. The highest BCUT2D eigenvalue weighted by atomic mass is 16.4. The van der Waals surface area contributed by atoms with E-state index in [1.54, 1.807) is 13.8 Å². The second-order valence-electron chi connectivity index (χ2n) is 8.34. The molecule has 2 bridgehead atoms. The smallest absolute Gasteiger partial charge is 0.307 e. The first kappa shape index (κ1) is 18.7. The van der Waals surface area contributed by atoms with E-state index in [-0.39, 0.29) is 17.8 Å². The normalized spacial score (nSPS) is 49.4. The minimum absolute atomic E-state index is 0.195. The van der Waals surface area contributed by atoms with E-state index in [4.69, 9.17) is 0 Å². The maximum atomic E-state index is 11.8. The number of hydrogen-bond acceptors (Lipinski definition) is 4. The van der Waals surface area contributed by atoms with Crippen molar-refractivity contribution in [1.29, 1.82) is 0 Å². The SMILES string of the molecule is CC1C2C(C(=O)O)C(C(=O)O)C1C1C(C)C(C(=O)O)C(C(=O)O)C(C)C21. The molecular formula is C18H24O8. The van der Waals surface area contributed by atoms with Gasteiger partial charge in [-0.1, -0.05) is 20.8 Å². The van der Waals surface area contributed by atoms with Gasteiger partial charge in [0.2, 0.25) is 0 Å². The van der Waals surface area contributed by atoms with E-state index < -0.39 is 71.2 Å². The second-order valence-corrected chi connectivity index (χ2v) is 8.34. The van der Waals surface area contributed by atoms with Gasteiger partial charge in [0.1, 0.15) is 0 Å². The quantitative estimate of drug-likeness (QED) is 0.578. The molecule has 0 heterocycles. The van der Waals surface area contributed by atoms with Crippen molar-refractivity contribution in [2.24, 2.45) is 65.1 Å². The van der Waals surface area contributed by atoms with Gasteiger partial charge in [-0.2, -0.15) is 0 Å². The molecule has 4 N–H and O–H groups in total. The zero-order chi connectivity index (χ0) is 19.7. The summed E-state index contributed by atoms with van der Waals surface area (Å²) in [4.78, 5) is 47.3. The van der Waals surface area contributed by atoms with Crippen LogP contribution in [0, 0.1) is 65.1 Å². The summed E-state index contributed by atoms with van der Waals surface area (Å²) < 4.78 is 0. The van der Waals surface area contributed by atoms with Crippen LogP contribution in [0.4, 0.5) is 0 Å². The van der Waals surface area contributed by atoms with Crippen LogP contribution in [0.25, 0.3) is 0 Å². The van der Waals surface area contributed by atoms with Gasteiger partial charge in [-0.3, -0.25) is 19.2 Å². The lowest BCUT2D eigenvalue weighted by Gasteiger charge is -2.51. The van der Waals surface area contributed by atoms with E-state index in [1.807, 2.05) is 6.92 Å². The molecule has 0 aromatic carbocycles. The molecule has 0 aromatic rings. The van der Waals surface area contributed by atoms with Gasteiger partial charge in [0.15, 0.2) is 0 Å². The Balaban J connectivity index is 2.12. The fourth-order valence-electron chi connectivity index (χ4n) is 7.01. The molecule has 3 aliphatic rings. The average molecular weight is 368 g/mol. The maximum Gasteiger partial charge on any atom is 0.307 e. The van der Waals surface area contributed by atoms with Gasteiger partial charge < -0.3 is 20.4 Å². The van der Waals surface area contributed by atoms with Crippen LogP contribution >= 0.6 is 0 Å². The van der Waals surface area contributed by atoms with Gasteiger partial charge in [0.05, 0.1) is 23.7 Å². The van der Waals surface area contributed by atoms with Crippen molar-refractivity contribution in [2.45, 2.75) is 20.8 Å². The molecule has 0 saturated heterocycles. The standard InChI is InChI=1S/C18H24O8/c1-4-9-7-5(2)11(15(19)20)12(16(21)22)6(3)8(7)10(4)14(18(25)26)13(9)17(23)24/h4-14H,1-3H3,(H,19,20)(H,21,22)(H,23,24)(H,25,26). The number of carboxylic acids is 4. The highest BCUT2D eigenvalue weighted by Gasteiger charge is 2.71. The lowest BCUT2D eigenvalue weighted by atomic mass is 9.51. The number of fused-ring (bicyclic) bond motifs is 5. The first-order chi connectivity index (χ1) is 12.0. The molecule has 26 heavy (non-hydrogen) atoms. The molecule has 144 valence electrons. The van der Waals surface area contributed by atoms with Gasteiger partial charge in [-0.05, 0) is 41.4 Å². The van der Waals surface area contributed by atoms with Crippen LogP contribution in [-0.2, 0) is 19.2 Å². The Labute approximate surface area is 150 Å². The topological polar surface area (TPSA) is 149 Å². The van der Waals surface area contributed by atoms with Gasteiger partial charge in [0, 0.05) is 0 Å². The largest absolute Gasteiger partial charge is 0.481 e. The van der Waals surface area contributed by atoms with Crippen LogP contribution in [0.3, 0.4) is 0 Å². The van der Waals surface area contributed by atoms with Crippen LogP contribution in [0.15, 0.2) is 0 Å².